The molecular formula is C14H21N3OS. The summed E-state index contributed by atoms with van der Waals surface area (Å²) in [6.45, 7) is 3.25. The molecule has 1 aliphatic heterocycles. The van der Waals surface area contributed by atoms with Crippen LogP contribution >= 0.6 is 11.3 Å². The molecule has 2 heterocycles. The second-order valence-electron chi connectivity index (χ2n) is 5.62. The van der Waals surface area contributed by atoms with E-state index in [-0.39, 0.29) is 5.91 Å². The zero-order valence-electron chi connectivity index (χ0n) is 11.1. The summed E-state index contributed by atoms with van der Waals surface area (Å²) in [4.78, 5) is 14.9. The maximum Gasteiger partial charge on any atom is 0.249 e. The van der Waals surface area contributed by atoms with E-state index in [0.717, 1.165) is 25.7 Å². The minimum Gasteiger partial charge on any atom is -0.366 e. The summed E-state index contributed by atoms with van der Waals surface area (Å²) in [5, 5.41) is 5.44. The van der Waals surface area contributed by atoms with Crippen LogP contribution in [0.3, 0.4) is 0 Å². The molecule has 3 rings (SSSR count). The zero-order chi connectivity index (χ0) is 13.2. The molecular weight excluding hydrogens is 258 g/mol. The van der Waals surface area contributed by atoms with E-state index in [9.17, 15) is 4.79 Å². The van der Waals surface area contributed by atoms with Gasteiger partial charge in [-0.15, -0.1) is 11.3 Å². The molecule has 1 aliphatic carbocycles. The Hall–Kier alpha value is -0.910. The molecule has 4 nitrogen and oxygen atoms in total. The van der Waals surface area contributed by atoms with Crippen LogP contribution in [0.5, 0.6) is 0 Å². The molecule has 2 fully saturated rings. The Kier molecular flexibility index (Phi) is 3.86. The maximum atomic E-state index is 11.1. The summed E-state index contributed by atoms with van der Waals surface area (Å²) in [5.41, 5.74) is 5.95. The van der Waals surface area contributed by atoms with Crippen LogP contribution in [0.4, 0.5) is 0 Å². The van der Waals surface area contributed by atoms with Crippen LogP contribution in [-0.4, -0.2) is 36.0 Å². The average molecular weight is 279 g/mol. The molecule has 19 heavy (non-hydrogen) atoms. The average Bonchev–Trinajstić information content (AvgIpc) is 2.90. The quantitative estimate of drug-likeness (QED) is 0.831. The molecule has 0 unspecified atom stereocenters. The summed E-state index contributed by atoms with van der Waals surface area (Å²) in [5.74, 6) is -0.321. The highest BCUT2D eigenvalue weighted by molar-refractivity contribution is 7.10. The minimum atomic E-state index is -0.321. The van der Waals surface area contributed by atoms with Crippen LogP contribution in [0.2, 0.25) is 0 Å². The fraction of sp³-hybridized carbons (Fsp3) is 0.643. The molecule has 1 amide bonds. The highest BCUT2D eigenvalue weighted by Crippen LogP contribution is 2.30. The van der Waals surface area contributed by atoms with Crippen molar-refractivity contribution in [2.75, 3.05) is 13.1 Å². The van der Waals surface area contributed by atoms with E-state index in [2.05, 4.69) is 10.2 Å². The van der Waals surface area contributed by atoms with E-state index in [4.69, 9.17) is 5.73 Å². The van der Waals surface area contributed by atoms with Gasteiger partial charge in [0.15, 0.2) is 0 Å². The van der Waals surface area contributed by atoms with Gasteiger partial charge in [0.05, 0.1) is 5.56 Å². The predicted octanol–water partition coefficient (Wildman–Crippen LogP) is 1.56. The number of thiophene rings is 1. The van der Waals surface area contributed by atoms with Crippen molar-refractivity contribution in [1.82, 2.24) is 10.2 Å². The third kappa shape index (κ3) is 3.35. The van der Waals surface area contributed by atoms with E-state index in [1.165, 1.54) is 30.6 Å². The third-order valence-corrected chi connectivity index (χ3v) is 4.90. The fourth-order valence-corrected chi connectivity index (χ4v) is 3.67. The largest absolute Gasteiger partial charge is 0.366 e. The van der Waals surface area contributed by atoms with Gasteiger partial charge in [-0.05, 0) is 38.3 Å². The first-order valence-electron chi connectivity index (χ1n) is 7.07. The monoisotopic (exact) mass is 279 g/mol. The Bertz CT molecular complexity index is 449. The summed E-state index contributed by atoms with van der Waals surface area (Å²) in [7, 11) is 0. The normalized spacial score (nSPS) is 23.1. The first kappa shape index (κ1) is 13.1. The van der Waals surface area contributed by atoms with Crippen molar-refractivity contribution in [2.24, 2.45) is 5.73 Å². The zero-order valence-corrected chi connectivity index (χ0v) is 11.9. The number of carbonyl (C=O) groups excluding carboxylic acids is 1. The van der Waals surface area contributed by atoms with Crippen molar-refractivity contribution >= 4 is 17.2 Å². The van der Waals surface area contributed by atoms with Crippen molar-refractivity contribution < 1.29 is 4.79 Å². The number of nitrogens with one attached hydrogen (secondary N) is 1. The van der Waals surface area contributed by atoms with Crippen molar-refractivity contribution in [2.45, 2.75) is 44.3 Å². The van der Waals surface area contributed by atoms with Gasteiger partial charge in [0, 0.05) is 35.4 Å². The van der Waals surface area contributed by atoms with Gasteiger partial charge in [0.2, 0.25) is 5.91 Å². The smallest absolute Gasteiger partial charge is 0.249 e. The summed E-state index contributed by atoms with van der Waals surface area (Å²) in [6, 6.07) is 3.35. The summed E-state index contributed by atoms with van der Waals surface area (Å²) < 4.78 is 0. The molecule has 0 spiro atoms. The Labute approximate surface area is 118 Å². The molecule has 0 bridgehead atoms. The SMILES string of the molecule is NC(=O)c1csc(CN(C[C@H]2CCCN2)C2CC2)c1. The van der Waals surface area contributed by atoms with Gasteiger partial charge in [-0.25, -0.2) is 0 Å². The number of hydrogen-bond donors (Lipinski definition) is 2. The number of nitrogens with two attached hydrogens (primary N) is 1. The van der Waals surface area contributed by atoms with Crippen molar-refractivity contribution in [3.8, 4) is 0 Å². The number of amides is 1. The molecule has 1 saturated heterocycles. The number of primary amides is 1. The van der Waals surface area contributed by atoms with E-state index < -0.39 is 0 Å². The van der Waals surface area contributed by atoms with Crippen LogP contribution in [0, 0.1) is 0 Å². The van der Waals surface area contributed by atoms with Crippen LogP contribution in [-0.2, 0) is 6.54 Å². The van der Waals surface area contributed by atoms with Gasteiger partial charge in [-0.1, -0.05) is 0 Å². The van der Waals surface area contributed by atoms with Crippen molar-refractivity contribution in [1.29, 1.82) is 0 Å². The van der Waals surface area contributed by atoms with E-state index >= 15 is 0 Å². The first-order chi connectivity index (χ1) is 9.22. The molecule has 1 aromatic rings. The number of carbonyl (C=O) groups is 1. The van der Waals surface area contributed by atoms with E-state index in [0.29, 0.717) is 11.6 Å². The summed E-state index contributed by atoms with van der Waals surface area (Å²) in [6.07, 6.45) is 5.23. The van der Waals surface area contributed by atoms with Crippen LogP contribution in [0.25, 0.3) is 0 Å². The Morgan fingerprint density at radius 3 is 2.89 bits per heavy atom. The minimum absolute atomic E-state index is 0.321. The highest BCUT2D eigenvalue weighted by Gasteiger charge is 2.31. The lowest BCUT2D eigenvalue weighted by Gasteiger charge is -2.24. The van der Waals surface area contributed by atoms with Crippen LogP contribution in [0.15, 0.2) is 11.4 Å². The van der Waals surface area contributed by atoms with Crippen molar-refractivity contribution in [3.05, 3.63) is 21.9 Å². The fourth-order valence-electron chi connectivity index (χ4n) is 2.77. The molecule has 5 heteroatoms. The van der Waals surface area contributed by atoms with Crippen LogP contribution in [0.1, 0.15) is 40.9 Å². The number of hydrogen-bond acceptors (Lipinski definition) is 4. The topological polar surface area (TPSA) is 58.4 Å². The Balaban J connectivity index is 1.61. The molecule has 0 radical (unpaired) electrons. The van der Waals surface area contributed by atoms with Crippen molar-refractivity contribution in [3.63, 3.8) is 0 Å². The predicted molar refractivity (Wildman–Crippen MR) is 77.3 cm³/mol. The van der Waals surface area contributed by atoms with Gasteiger partial charge < -0.3 is 11.1 Å². The Morgan fingerprint density at radius 1 is 1.47 bits per heavy atom. The highest BCUT2D eigenvalue weighted by atomic mass is 32.1. The number of rotatable bonds is 6. The van der Waals surface area contributed by atoms with E-state index in [1.54, 1.807) is 11.3 Å². The van der Waals surface area contributed by atoms with Gasteiger partial charge in [0.1, 0.15) is 0 Å². The molecule has 104 valence electrons. The number of nitrogens with zero attached hydrogens (tertiary/aromatic N) is 1. The lowest BCUT2D eigenvalue weighted by Crippen LogP contribution is -2.38. The van der Waals surface area contributed by atoms with E-state index in [1.807, 2.05) is 11.4 Å². The lowest BCUT2D eigenvalue weighted by molar-refractivity contribution is 0.100. The molecule has 1 aromatic heterocycles. The molecule has 1 saturated carbocycles. The first-order valence-corrected chi connectivity index (χ1v) is 7.95. The van der Waals surface area contributed by atoms with Gasteiger partial charge >= 0.3 is 0 Å². The third-order valence-electron chi connectivity index (χ3n) is 3.98. The molecule has 0 aromatic carbocycles. The molecule has 3 N–H and O–H groups in total. The summed E-state index contributed by atoms with van der Waals surface area (Å²) >= 11 is 1.65. The van der Waals surface area contributed by atoms with Crippen LogP contribution < -0.4 is 11.1 Å². The Morgan fingerprint density at radius 2 is 2.32 bits per heavy atom. The lowest BCUT2D eigenvalue weighted by atomic mass is 10.2. The van der Waals surface area contributed by atoms with Gasteiger partial charge in [-0.2, -0.15) is 0 Å². The molecule has 1 atom stereocenters. The standard InChI is InChI=1S/C14H21N3OS/c15-14(18)10-6-13(19-9-10)8-17(12-3-4-12)7-11-2-1-5-16-11/h6,9,11-12,16H,1-5,7-8H2,(H2,15,18)/t11-/m1/s1. The second kappa shape index (κ2) is 5.61. The second-order valence-corrected chi connectivity index (χ2v) is 6.62. The maximum absolute atomic E-state index is 11.1. The molecule has 2 aliphatic rings. The van der Waals surface area contributed by atoms with Gasteiger partial charge in [0.25, 0.3) is 0 Å². The van der Waals surface area contributed by atoms with Gasteiger partial charge in [-0.3, -0.25) is 9.69 Å².